The zero-order valence-corrected chi connectivity index (χ0v) is 10.1. The maximum atomic E-state index is 5.37. The van der Waals surface area contributed by atoms with Gasteiger partial charge in [0.1, 0.15) is 5.82 Å². The summed E-state index contributed by atoms with van der Waals surface area (Å²) in [6, 6.07) is 0. The highest BCUT2D eigenvalue weighted by Crippen LogP contribution is 2.27. The predicted molar refractivity (Wildman–Crippen MR) is 64.0 cm³/mol. The standard InChI is InChI=1S/C12H20N4O/c1-5-13-6-2-9(1)11-14-12(16-15-11)10-3-7-17-8-4-10/h9-10,13H,1-8H2,(H,14,15,16). The molecule has 0 saturated carbocycles. The van der Waals surface area contributed by atoms with Gasteiger partial charge in [0, 0.05) is 25.0 Å². The molecule has 1 aromatic rings. The van der Waals surface area contributed by atoms with Gasteiger partial charge >= 0.3 is 0 Å². The maximum Gasteiger partial charge on any atom is 0.153 e. The fourth-order valence-electron chi connectivity index (χ4n) is 2.70. The van der Waals surface area contributed by atoms with Crippen LogP contribution in [-0.4, -0.2) is 41.5 Å². The van der Waals surface area contributed by atoms with Gasteiger partial charge in [-0.25, -0.2) is 4.98 Å². The molecule has 0 amide bonds. The van der Waals surface area contributed by atoms with Gasteiger partial charge in [-0.15, -0.1) is 0 Å². The Bertz CT molecular complexity index is 321. The molecule has 0 spiro atoms. The van der Waals surface area contributed by atoms with Crippen molar-refractivity contribution in [3.63, 3.8) is 0 Å². The molecule has 2 aliphatic heterocycles. The Kier molecular flexibility index (Phi) is 3.38. The van der Waals surface area contributed by atoms with Crippen molar-refractivity contribution in [3.8, 4) is 0 Å². The number of nitrogens with one attached hydrogen (secondary N) is 2. The average Bonchev–Trinajstić information content (AvgIpc) is 2.90. The van der Waals surface area contributed by atoms with Crippen molar-refractivity contribution in [2.75, 3.05) is 26.3 Å². The van der Waals surface area contributed by atoms with Crippen LogP contribution in [0.4, 0.5) is 0 Å². The Morgan fingerprint density at radius 2 is 1.76 bits per heavy atom. The van der Waals surface area contributed by atoms with Crippen LogP contribution in [0.3, 0.4) is 0 Å². The van der Waals surface area contributed by atoms with Gasteiger partial charge in [0.2, 0.25) is 0 Å². The van der Waals surface area contributed by atoms with Crippen LogP contribution in [0.5, 0.6) is 0 Å². The van der Waals surface area contributed by atoms with Crippen molar-refractivity contribution in [2.24, 2.45) is 0 Å². The van der Waals surface area contributed by atoms with Crippen LogP contribution in [0.25, 0.3) is 0 Å². The van der Waals surface area contributed by atoms with Crippen molar-refractivity contribution in [1.82, 2.24) is 20.5 Å². The normalized spacial score (nSPS) is 24.0. The molecule has 3 heterocycles. The van der Waals surface area contributed by atoms with Gasteiger partial charge in [-0.05, 0) is 38.8 Å². The van der Waals surface area contributed by atoms with Crippen LogP contribution in [0.2, 0.25) is 0 Å². The van der Waals surface area contributed by atoms with Gasteiger partial charge in [0.25, 0.3) is 0 Å². The van der Waals surface area contributed by atoms with E-state index in [9.17, 15) is 0 Å². The summed E-state index contributed by atoms with van der Waals surface area (Å²) in [6.45, 7) is 3.89. The number of aromatic nitrogens is 3. The molecule has 0 aliphatic carbocycles. The third kappa shape index (κ3) is 2.50. The molecule has 17 heavy (non-hydrogen) atoms. The summed E-state index contributed by atoms with van der Waals surface area (Å²) in [5.74, 6) is 3.16. The van der Waals surface area contributed by atoms with Crippen LogP contribution in [-0.2, 0) is 4.74 Å². The fraction of sp³-hybridized carbons (Fsp3) is 0.833. The molecule has 3 rings (SSSR count). The monoisotopic (exact) mass is 236 g/mol. The first-order valence-corrected chi connectivity index (χ1v) is 6.64. The fourth-order valence-corrected chi connectivity index (χ4v) is 2.70. The van der Waals surface area contributed by atoms with E-state index < -0.39 is 0 Å². The molecular formula is C12H20N4O. The van der Waals surface area contributed by atoms with E-state index in [2.05, 4.69) is 15.5 Å². The maximum absolute atomic E-state index is 5.37. The van der Waals surface area contributed by atoms with Crippen molar-refractivity contribution in [3.05, 3.63) is 11.6 Å². The molecule has 5 nitrogen and oxygen atoms in total. The van der Waals surface area contributed by atoms with E-state index in [1.165, 1.54) is 0 Å². The quantitative estimate of drug-likeness (QED) is 0.809. The van der Waals surface area contributed by atoms with Gasteiger partial charge in [-0.2, -0.15) is 5.10 Å². The molecule has 5 heteroatoms. The first-order valence-electron chi connectivity index (χ1n) is 6.64. The minimum atomic E-state index is 0.520. The average molecular weight is 236 g/mol. The number of H-pyrrole nitrogens is 1. The number of ether oxygens (including phenoxy) is 1. The molecule has 0 aromatic carbocycles. The highest BCUT2D eigenvalue weighted by molar-refractivity contribution is 5.04. The van der Waals surface area contributed by atoms with Crippen LogP contribution >= 0.6 is 0 Å². The first-order chi connectivity index (χ1) is 8.43. The zero-order valence-electron chi connectivity index (χ0n) is 10.1. The summed E-state index contributed by atoms with van der Waals surface area (Å²) in [5, 5.41) is 10.9. The second kappa shape index (κ2) is 5.14. The van der Waals surface area contributed by atoms with E-state index in [0.717, 1.165) is 63.6 Å². The zero-order chi connectivity index (χ0) is 11.5. The van der Waals surface area contributed by atoms with Crippen molar-refractivity contribution >= 4 is 0 Å². The lowest BCUT2D eigenvalue weighted by Crippen LogP contribution is -2.27. The Morgan fingerprint density at radius 1 is 1.00 bits per heavy atom. The molecule has 1 aromatic heterocycles. The molecule has 0 bridgehead atoms. The van der Waals surface area contributed by atoms with E-state index in [1.54, 1.807) is 0 Å². The molecular weight excluding hydrogens is 216 g/mol. The minimum absolute atomic E-state index is 0.520. The van der Waals surface area contributed by atoms with E-state index >= 15 is 0 Å². The molecule has 2 N–H and O–H groups in total. The van der Waals surface area contributed by atoms with Crippen molar-refractivity contribution < 1.29 is 4.74 Å². The van der Waals surface area contributed by atoms with Crippen LogP contribution in [0.15, 0.2) is 0 Å². The van der Waals surface area contributed by atoms with Gasteiger partial charge in [-0.3, -0.25) is 5.10 Å². The lowest BCUT2D eigenvalue weighted by Gasteiger charge is -2.20. The first kappa shape index (κ1) is 11.2. The molecule has 94 valence electrons. The summed E-state index contributed by atoms with van der Waals surface area (Å²) in [4.78, 5) is 4.71. The largest absolute Gasteiger partial charge is 0.381 e. The molecule has 0 unspecified atom stereocenters. The summed E-state index contributed by atoms with van der Waals surface area (Å²) in [7, 11) is 0. The van der Waals surface area contributed by atoms with E-state index in [1.807, 2.05) is 0 Å². The molecule has 2 fully saturated rings. The van der Waals surface area contributed by atoms with E-state index in [4.69, 9.17) is 9.72 Å². The van der Waals surface area contributed by atoms with Gasteiger partial charge in [0.15, 0.2) is 5.82 Å². The minimum Gasteiger partial charge on any atom is -0.381 e. The third-order valence-electron chi connectivity index (χ3n) is 3.83. The molecule has 0 atom stereocenters. The van der Waals surface area contributed by atoms with Gasteiger partial charge in [0.05, 0.1) is 0 Å². The summed E-state index contributed by atoms with van der Waals surface area (Å²) < 4.78 is 5.37. The Hall–Kier alpha value is -0.940. The highest BCUT2D eigenvalue weighted by Gasteiger charge is 2.23. The number of rotatable bonds is 2. The number of hydrogen-bond donors (Lipinski definition) is 2. The molecule has 0 radical (unpaired) electrons. The van der Waals surface area contributed by atoms with Gasteiger partial charge < -0.3 is 10.1 Å². The van der Waals surface area contributed by atoms with Crippen molar-refractivity contribution in [2.45, 2.75) is 37.5 Å². The number of aromatic amines is 1. The second-order valence-corrected chi connectivity index (χ2v) is 4.99. The molecule has 2 aliphatic rings. The Morgan fingerprint density at radius 3 is 2.53 bits per heavy atom. The summed E-state index contributed by atoms with van der Waals surface area (Å²) >= 11 is 0. The third-order valence-corrected chi connectivity index (χ3v) is 3.83. The second-order valence-electron chi connectivity index (χ2n) is 4.99. The Balaban J connectivity index is 1.68. The number of hydrogen-bond acceptors (Lipinski definition) is 4. The van der Waals surface area contributed by atoms with Crippen LogP contribution < -0.4 is 5.32 Å². The van der Waals surface area contributed by atoms with E-state index in [-0.39, 0.29) is 0 Å². The number of piperidine rings is 1. The van der Waals surface area contributed by atoms with Crippen molar-refractivity contribution in [1.29, 1.82) is 0 Å². The highest BCUT2D eigenvalue weighted by atomic mass is 16.5. The number of nitrogens with zero attached hydrogens (tertiary/aromatic N) is 2. The lowest BCUT2D eigenvalue weighted by molar-refractivity contribution is 0.0836. The lowest BCUT2D eigenvalue weighted by atomic mass is 9.97. The SMILES string of the molecule is C1CC(c2n[nH]c(C3CCOCC3)n2)CCN1. The summed E-state index contributed by atoms with van der Waals surface area (Å²) in [5.41, 5.74) is 0. The van der Waals surface area contributed by atoms with Crippen LogP contribution in [0.1, 0.15) is 49.2 Å². The molecule has 2 saturated heterocycles. The Labute approximate surface area is 101 Å². The van der Waals surface area contributed by atoms with E-state index in [0.29, 0.717) is 11.8 Å². The summed E-state index contributed by atoms with van der Waals surface area (Å²) in [6.07, 6.45) is 4.46. The van der Waals surface area contributed by atoms with Gasteiger partial charge in [-0.1, -0.05) is 0 Å². The van der Waals surface area contributed by atoms with Crippen LogP contribution in [0, 0.1) is 0 Å². The smallest absolute Gasteiger partial charge is 0.153 e. The topological polar surface area (TPSA) is 62.8 Å². The predicted octanol–water partition coefficient (Wildman–Crippen LogP) is 1.17.